The maximum Gasteiger partial charge on any atom is 0.290 e. The minimum absolute atomic E-state index is 0.155. The van der Waals surface area contributed by atoms with E-state index in [9.17, 15) is 4.79 Å². The number of H-pyrrole nitrogens is 1. The van der Waals surface area contributed by atoms with Crippen LogP contribution in [0, 0.1) is 0 Å². The Bertz CT molecular complexity index is 1260. The van der Waals surface area contributed by atoms with Gasteiger partial charge >= 0.3 is 0 Å². The van der Waals surface area contributed by atoms with Gasteiger partial charge < -0.3 is 14.3 Å². The fraction of sp³-hybridized carbons (Fsp3) is 0.0769. The zero-order chi connectivity index (χ0) is 21.0. The average Bonchev–Trinajstić information content (AvgIpc) is 3.49. The molecule has 31 heavy (non-hydrogen) atoms. The Labute approximate surface area is 180 Å². The molecule has 2 heterocycles. The Morgan fingerprint density at radius 1 is 0.871 bits per heavy atom. The van der Waals surface area contributed by atoms with Crippen LogP contribution in [0.2, 0.25) is 0 Å². The third-order valence-electron chi connectivity index (χ3n) is 5.27. The van der Waals surface area contributed by atoms with Gasteiger partial charge in [0.2, 0.25) is 0 Å². The third-order valence-corrected chi connectivity index (χ3v) is 5.27. The average molecular weight is 407 g/mol. The minimum Gasteiger partial charge on any atom is -0.451 e. The van der Waals surface area contributed by atoms with Crippen molar-refractivity contribution in [3.05, 3.63) is 114 Å². The largest absolute Gasteiger partial charge is 0.451 e. The van der Waals surface area contributed by atoms with Gasteiger partial charge in [-0.15, -0.1) is 0 Å². The van der Waals surface area contributed by atoms with Crippen molar-refractivity contribution >= 4 is 16.9 Å². The zero-order valence-corrected chi connectivity index (χ0v) is 16.9. The van der Waals surface area contributed by atoms with E-state index in [1.165, 1.54) is 5.56 Å². The van der Waals surface area contributed by atoms with Crippen LogP contribution < -0.4 is 0 Å². The quantitative estimate of drug-likeness (QED) is 0.395. The first-order valence-electron chi connectivity index (χ1n) is 10.2. The molecule has 0 saturated carbocycles. The first-order chi connectivity index (χ1) is 15.3. The van der Waals surface area contributed by atoms with Crippen molar-refractivity contribution in [2.75, 3.05) is 0 Å². The van der Waals surface area contributed by atoms with Crippen LogP contribution in [-0.4, -0.2) is 20.8 Å². The molecule has 0 atom stereocenters. The minimum atomic E-state index is -0.155. The van der Waals surface area contributed by atoms with Crippen molar-refractivity contribution in [3.63, 3.8) is 0 Å². The summed E-state index contributed by atoms with van der Waals surface area (Å²) in [6.07, 6.45) is 3.35. The number of rotatable bonds is 6. The van der Waals surface area contributed by atoms with Gasteiger partial charge in [0.15, 0.2) is 5.76 Å². The molecule has 1 N–H and O–H groups in total. The lowest BCUT2D eigenvalue weighted by atomic mass is 10.0. The molecule has 152 valence electrons. The van der Waals surface area contributed by atoms with Crippen LogP contribution in [0.25, 0.3) is 22.1 Å². The maximum absolute atomic E-state index is 13.3. The summed E-state index contributed by atoms with van der Waals surface area (Å²) in [5.41, 5.74) is 4.93. The standard InChI is InChI=1S/C26H21N3O2/c30-26(25-14-22-8-4-5-9-24(22)31-25)29(17-23-15-27-18-28-23)16-19-10-12-21(13-11-19)20-6-2-1-3-7-20/h1-15,18H,16-17H2,(H,27,28). The number of para-hydroxylation sites is 1. The van der Waals surface area contributed by atoms with Gasteiger partial charge in [0.25, 0.3) is 5.91 Å². The SMILES string of the molecule is O=C(c1cc2ccccc2o1)N(Cc1ccc(-c2ccccc2)cc1)Cc1cnc[nH]1. The zero-order valence-electron chi connectivity index (χ0n) is 16.9. The summed E-state index contributed by atoms with van der Waals surface area (Å²) in [5.74, 6) is 0.180. The molecule has 3 aromatic carbocycles. The number of aromatic amines is 1. The van der Waals surface area contributed by atoms with Crippen molar-refractivity contribution < 1.29 is 9.21 Å². The summed E-state index contributed by atoms with van der Waals surface area (Å²) in [5, 5.41) is 0.916. The van der Waals surface area contributed by atoms with E-state index in [0.717, 1.165) is 22.2 Å². The van der Waals surface area contributed by atoms with Crippen molar-refractivity contribution in [2.45, 2.75) is 13.1 Å². The van der Waals surface area contributed by atoms with E-state index in [2.05, 4.69) is 46.4 Å². The fourth-order valence-electron chi connectivity index (χ4n) is 3.67. The van der Waals surface area contributed by atoms with Crippen molar-refractivity contribution in [1.82, 2.24) is 14.9 Å². The first-order valence-corrected chi connectivity index (χ1v) is 10.2. The molecular formula is C26H21N3O2. The van der Waals surface area contributed by atoms with E-state index in [1.54, 1.807) is 23.5 Å². The molecular weight excluding hydrogens is 386 g/mol. The Balaban J connectivity index is 1.41. The van der Waals surface area contributed by atoms with Crippen LogP contribution in [0.5, 0.6) is 0 Å². The molecule has 0 bridgehead atoms. The second kappa shape index (κ2) is 8.32. The molecule has 0 fully saturated rings. The normalized spacial score (nSPS) is 11.0. The third kappa shape index (κ3) is 4.12. The highest BCUT2D eigenvalue weighted by Crippen LogP contribution is 2.23. The van der Waals surface area contributed by atoms with Crippen molar-refractivity contribution in [1.29, 1.82) is 0 Å². The number of nitrogens with one attached hydrogen (secondary N) is 1. The lowest BCUT2D eigenvalue weighted by molar-refractivity contribution is 0.0698. The molecule has 5 heteroatoms. The number of nitrogens with zero attached hydrogens (tertiary/aromatic N) is 2. The van der Waals surface area contributed by atoms with Gasteiger partial charge in [0.05, 0.1) is 18.6 Å². The van der Waals surface area contributed by atoms with Gasteiger partial charge in [-0.05, 0) is 28.8 Å². The highest BCUT2D eigenvalue weighted by atomic mass is 16.3. The van der Waals surface area contributed by atoms with Crippen LogP contribution in [0.15, 0.2) is 102 Å². The van der Waals surface area contributed by atoms with Gasteiger partial charge in [-0.25, -0.2) is 4.98 Å². The molecule has 5 aromatic rings. The number of amides is 1. The lowest BCUT2D eigenvalue weighted by Gasteiger charge is -2.21. The highest BCUT2D eigenvalue weighted by molar-refractivity contribution is 5.96. The number of benzene rings is 3. The molecule has 0 saturated heterocycles. The molecule has 1 amide bonds. The van der Waals surface area contributed by atoms with Crippen LogP contribution >= 0.6 is 0 Å². The number of furan rings is 1. The van der Waals surface area contributed by atoms with Crippen molar-refractivity contribution in [2.24, 2.45) is 0 Å². The number of hydrogen-bond acceptors (Lipinski definition) is 3. The van der Waals surface area contributed by atoms with Crippen LogP contribution in [-0.2, 0) is 13.1 Å². The summed E-state index contributed by atoms with van der Waals surface area (Å²) in [6, 6.07) is 28.0. The number of fused-ring (bicyclic) bond motifs is 1. The fourth-order valence-corrected chi connectivity index (χ4v) is 3.67. The Morgan fingerprint density at radius 2 is 1.61 bits per heavy atom. The van der Waals surface area contributed by atoms with Gasteiger partial charge in [-0.3, -0.25) is 4.79 Å². The van der Waals surface area contributed by atoms with E-state index >= 15 is 0 Å². The smallest absolute Gasteiger partial charge is 0.290 e. The van der Waals surface area contributed by atoms with E-state index < -0.39 is 0 Å². The number of carbonyl (C=O) groups excluding carboxylic acids is 1. The predicted octanol–water partition coefficient (Wildman–Crippen LogP) is 5.67. The Hall–Kier alpha value is -4.12. The van der Waals surface area contributed by atoms with Gasteiger partial charge in [-0.2, -0.15) is 0 Å². The molecule has 0 aliphatic rings. The molecule has 0 aliphatic heterocycles. The van der Waals surface area contributed by atoms with E-state index in [1.807, 2.05) is 42.5 Å². The Morgan fingerprint density at radius 3 is 2.35 bits per heavy atom. The van der Waals surface area contributed by atoms with Gasteiger partial charge in [0, 0.05) is 18.1 Å². The molecule has 0 unspecified atom stereocenters. The monoisotopic (exact) mass is 407 g/mol. The van der Waals surface area contributed by atoms with Crippen LogP contribution in [0.1, 0.15) is 21.8 Å². The molecule has 2 aromatic heterocycles. The second-order valence-electron chi connectivity index (χ2n) is 7.45. The van der Waals surface area contributed by atoms with E-state index in [-0.39, 0.29) is 5.91 Å². The van der Waals surface area contributed by atoms with Gasteiger partial charge in [-0.1, -0.05) is 72.8 Å². The summed E-state index contributed by atoms with van der Waals surface area (Å²) < 4.78 is 5.83. The van der Waals surface area contributed by atoms with E-state index in [0.29, 0.717) is 24.4 Å². The molecule has 0 aliphatic carbocycles. The summed E-state index contributed by atoms with van der Waals surface area (Å²) in [4.78, 5) is 22.3. The van der Waals surface area contributed by atoms with Gasteiger partial charge in [0.1, 0.15) is 5.58 Å². The topological polar surface area (TPSA) is 62.1 Å². The summed E-state index contributed by atoms with van der Waals surface area (Å²) >= 11 is 0. The van der Waals surface area contributed by atoms with Crippen LogP contribution in [0.4, 0.5) is 0 Å². The number of carbonyl (C=O) groups is 1. The number of hydrogen-bond donors (Lipinski definition) is 1. The molecule has 5 rings (SSSR count). The van der Waals surface area contributed by atoms with Crippen LogP contribution in [0.3, 0.4) is 0 Å². The summed E-state index contributed by atoms with van der Waals surface area (Å²) in [7, 11) is 0. The molecule has 0 radical (unpaired) electrons. The summed E-state index contributed by atoms with van der Waals surface area (Å²) in [6.45, 7) is 0.875. The lowest BCUT2D eigenvalue weighted by Crippen LogP contribution is -2.30. The highest BCUT2D eigenvalue weighted by Gasteiger charge is 2.21. The number of imidazole rings is 1. The Kier molecular flexibility index (Phi) is 5.07. The number of aromatic nitrogens is 2. The van der Waals surface area contributed by atoms with Crippen molar-refractivity contribution in [3.8, 4) is 11.1 Å². The first kappa shape index (κ1) is 18.9. The maximum atomic E-state index is 13.3. The predicted molar refractivity (Wildman–Crippen MR) is 120 cm³/mol. The van der Waals surface area contributed by atoms with E-state index in [4.69, 9.17) is 4.42 Å². The molecule has 5 nitrogen and oxygen atoms in total. The second-order valence-corrected chi connectivity index (χ2v) is 7.45. The molecule has 0 spiro atoms.